The van der Waals surface area contributed by atoms with Gasteiger partial charge in [0.25, 0.3) is 0 Å². The number of carbonyl (C=O) groups is 1. The van der Waals surface area contributed by atoms with E-state index in [9.17, 15) is 9.59 Å². The van der Waals surface area contributed by atoms with Gasteiger partial charge in [-0.1, -0.05) is 30.3 Å². The maximum atomic E-state index is 12.6. The Morgan fingerprint density at radius 3 is 2.38 bits per heavy atom. The van der Waals surface area contributed by atoms with Crippen molar-refractivity contribution in [1.82, 2.24) is 5.32 Å². The fourth-order valence-electron chi connectivity index (χ4n) is 4.20. The number of furan rings is 1. The number of fused-ring (bicyclic) bond motifs is 2. The molecule has 5 nitrogen and oxygen atoms in total. The predicted molar refractivity (Wildman–Crippen MR) is 127 cm³/mol. The first kappa shape index (κ1) is 21.9. The van der Waals surface area contributed by atoms with E-state index in [1.165, 1.54) is 5.56 Å². The largest absolute Gasteiger partial charge is 0.461 e. The molecule has 0 bridgehead atoms. The van der Waals surface area contributed by atoms with Gasteiger partial charge in [-0.05, 0) is 69.7 Å². The molecule has 2 aromatic heterocycles. The molecule has 4 rings (SSSR count). The Hall–Kier alpha value is -3.34. The number of benzene rings is 2. The van der Waals surface area contributed by atoms with Crippen molar-refractivity contribution in [3.05, 3.63) is 80.9 Å². The van der Waals surface area contributed by atoms with E-state index < -0.39 is 0 Å². The molecule has 0 aliphatic heterocycles. The van der Waals surface area contributed by atoms with Gasteiger partial charge in [-0.2, -0.15) is 0 Å². The van der Waals surface area contributed by atoms with Crippen molar-refractivity contribution in [3.8, 4) is 0 Å². The Morgan fingerprint density at radius 2 is 1.62 bits per heavy atom. The molecule has 0 aliphatic carbocycles. The topological polar surface area (TPSA) is 72.5 Å². The molecule has 1 N–H and O–H groups in total. The zero-order valence-corrected chi connectivity index (χ0v) is 19.1. The molecule has 5 heteroatoms. The highest BCUT2D eigenvalue weighted by Crippen LogP contribution is 2.31. The normalized spacial score (nSPS) is 12.4. The maximum absolute atomic E-state index is 12.6. The van der Waals surface area contributed by atoms with Gasteiger partial charge in [-0.3, -0.25) is 4.79 Å². The van der Waals surface area contributed by atoms with Crippen LogP contribution in [0.1, 0.15) is 47.8 Å². The van der Waals surface area contributed by atoms with E-state index in [2.05, 4.69) is 17.4 Å². The molecule has 4 aromatic rings. The molecule has 0 spiro atoms. The van der Waals surface area contributed by atoms with E-state index >= 15 is 0 Å². The zero-order chi connectivity index (χ0) is 22.8. The third-order valence-corrected chi connectivity index (χ3v) is 6.30. The van der Waals surface area contributed by atoms with E-state index in [1.807, 2.05) is 52.0 Å². The summed E-state index contributed by atoms with van der Waals surface area (Å²) in [6, 6.07) is 14.1. The molecule has 0 saturated heterocycles. The van der Waals surface area contributed by atoms with Crippen molar-refractivity contribution >= 4 is 27.8 Å². The van der Waals surface area contributed by atoms with Crippen molar-refractivity contribution in [2.75, 3.05) is 0 Å². The second-order valence-corrected chi connectivity index (χ2v) is 8.61. The molecule has 1 atom stereocenters. The Bertz CT molecular complexity index is 1330. The number of rotatable bonds is 7. The molecular weight excluding hydrogens is 402 g/mol. The van der Waals surface area contributed by atoms with Crippen LogP contribution in [0.3, 0.4) is 0 Å². The maximum Gasteiger partial charge on any atom is 0.339 e. The van der Waals surface area contributed by atoms with Gasteiger partial charge in [0.2, 0.25) is 5.91 Å². The van der Waals surface area contributed by atoms with Gasteiger partial charge in [0.1, 0.15) is 16.9 Å². The molecule has 0 radical (unpaired) electrons. The highest BCUT2D eigenvalue weighted by Gasteiger charge is 2.17. The number of hydrogen-bond donors (Lipinski definition) is 1. The molecule has 1 amide bonds. The first-order valence-corrected chi connectivity index (χ1v) is 11.1. The second kappa shape index (κ2) is 9.03. The smallest absolute Gasteiger partial charge is 0.339 e. The lowest BCUT2D eigenvalue weighted by Crippen LogP contribution is -2.33. The van der Waals surface area contributed by atoms with Gasteiger partial charge in [0, 0.05) is 34.9 Å². The molecule has 0 aliphatic rings. The van der Waals surface area contributed by atoms with Gasteiger partial charge < -0.3 is 14.2 Å². The summed E-state index contributed by atoms with van der Waals surface area (Å²) in [5.74, 6) is 0.801. The lowest BCUT2D eigenvalue weighted by Gasteiger charge is -2.14. The van der Waals surface area contributed by atoms with Crippen molar-refractivity contribution < 1.29 is 13.6 Å². The predicted octanol–water partition coefficient (Wildman–Crippen LogP) is 5.53. The van der Waals surface area contributed by atoms with Crippen molar-refractivity contribution in [2.45, 2.75) is 59.4 Å². The number of aryl methyl sites for hydroxylation is 4. The second-order valence-electron chi connectivity index (χ2n) is 8.61. The fourth-order valence-corrected chi connectivity index (χ4v) is 4.20. The zero-order valence-electron chi connectivity index (χ0n) is 19.1. The lowest BCUT2D eigenvalue weighted by atomic mass is 10.00. The third kappa shape index (κ3) is 4.47. The first-order valence-electron chi connectivity index (χ1n) is 11.1. The Labute approximate surface area is 187 Å². The average molecular weight is 432 g/mol. The minimum atomic E-state index is -0.390. The Morgan fingerprint density at radius 1 is 0.938 bits per heavy atom. The standard InChI is InChI=1S/C27H29NO4/c1-16(10-11-20-8-6-5-7-9-20)28-26(29)13-12-21-18(3)23-14-22-17(2)19(4)31-24(22)15-25(23)32-27(21)30/h5-9,14-16H,10-13H2,1-4H3,(H,28,29). The van der Waals surface area contributed by atoms with Crippen molar-refractivity contribution in [2.24, 2.45) is 0 Å². The van der Waals surface area contributed by atoms with Crippen LogP contribution in [0.25, 0.3) is 21.9 Å². The summed E-state index contributed by atoms with van der Waals surface area (Å²) in [7, 11) is 0. The summed E-state index contributed by atoms with van der Waals surface area (Å²) in [4.78, 5) is 25.1. The number of hydrogen-bond acceptors (Lipinski definition) is 4. The Kier molecular flexibility index (Phi) is 6.17. The van der Waals surface area contributed by atoms with E-state index in [0.29, 0.717) is 23.2 Å². The molecular formula is C27H29NO4. The first-order chi connectivity index (χ1) is 15.3. The summed E-state index contributed by atoms with van der Waals surface area (Å²) < 4.78 is 11.4. The van der Waals surface area contributed by atoms with E-state index in [4.69, 9.17) is 8.83 Å². The van der Waals surface area contributed by atoms with Crippen LogP contribution < -0.4 is 10.9 Å². The van der Waals surface area contributed by atoms with Crippen LogP contribution in [0.2, 0.25) is 0 Å². The van der Waals surface area contributed by atoms with Crippen LogP contribution in [0.4, 0.5) is 0 Å². The van der Waals surface area contributed by atoms with Gasteiger partial charge in [0.05, 0.1) is 0 Å². The van der Waals surface area contributed by atoms with Crippen LogP contribution in [-0.2, 0) is 17.6 Å². The van der Waals surface area contributed by atoms with Gasteiger partial charge in [-0.25, -0.2) is 4.79 Å². The molecule has 0 saturated carbocycles. The molecule has 166 valence electrons. The summed E-state index contributed by atoms with van der Waals surface area (Å²) in [5.41, 5.74) is 4.60. The monoisotopic (exact) mass is 431 g/mol. The molecule has 2 heterocycles. The van der Waals surface area contributed by atoms with E-state index in [0.717, 1.165) is 40.5 Å². The summed E-state index contributed by atoms with van der Waals surface area (Å²) in [6.07, 6.45) is 2.38. The number of carbonyl (C=O) groups excluding carboxylic acids is 1. The van der Waals surface area contributed by atoms with Crippen molar-refractivity contribution in [1.29, 1.82) is 0 Å². The van der Waals surface area contributed by atoms with Crippen LogP contribution in [-0.4, -0.2) is 11.9 Å². The van der Waals surface area contributed by atoms with Crippen LogP contribution >= 0.6 is 0 Å². The quantitative estimate of drug-likeness (QED) is 0.390. The van der Waals surface area contributed by atoms with Crippen molar-refractivity contribution in [3.63, 3.8) is 0 Å². The van der Waals surface area contributed by atoms with E-state index in [1.54, 1.807) is 6.07 Å². The lowest BCUT2D eigenvalue weighted by molar-refractivity contribution is -0.121. The summed E-state index contributed by atoms with van der Waals surface area (Å²) >= 11 is 0. The number of amides is 1. The molecule has 1 unspecified atom stereocenters. The van der Waals surface area contributed by atoms with Crippen LogP contribution in [0.15, 0.2) is 56.1 Å². The molecule has 2 aromatic carbocycles. The minimum absolute atomic E-state index is 0.0544. The van der Waals surface area contributed by atoms with Gasteiger partial charge >= 0.3 is 5.63 Å². The summed E-state index contributed by atoms with van der Waals surface area (Å²) in [6.45, 7) is 7.87. The highest BCUT2D eigenvalue weighted by atomic mass is 16.4. The summed E-state index contributed by atoms with van der Waals surface area (Å²) in [5, 5.41) is 4.95. The molecule has 32 heavy (non-hydrogen) atoms. The van der Waals surface area contributed by atoms with Crippen LogP contribution in [0.5, 0.6) is 0 Å². The van der Waals surface area contributed by atoms with E-state index in [-0.39, 0.29) is 24.0 Å². The van der Waals surface area contributed by atoms with Gasteiger partial charge in [-0.15, -0.1) is 0 Å². The van der Waals surface area contributed by atoms with Gasteiger partial charge in [0.15, 0.2) is 0 Å². The third-order valence-electron chi connectivity index (χ3n) is 6.30. The molecule has 0 fully saturated rings. The highest BCUT2D eigenvalue weighted by molar-refractivity contribution is 5.96. The average Bonchev–Trinajstić information content (AvgIpc) is 3.04. The number of nitrogens with one attached hydrogen (secondary N) is 1. The fraction of sp³-hybridized carbons (Fsp3) is 0.333. The van der Waals surface area contributed by atoms with Crippen LogP contribution in [0, 0.1) is 20.8 Å². The Balaban J connectivity index is 1.45. The minimum Gasteiger partial charge on any atom is -0.461 e. The SMILES string of the molecule is Cc1oc2cc3oc(=O)c(CCC(=O)NC(C)CCc4ccccc4)c(C)c3cc2c1C.